The molecule has 1 aromatic heterocycles. The number of alkyl halides is 1. The lowest BCUT2D eigenvalue weighted by atomic mass is 10.1. The second-order valence-electron chi connectivity index (χ2n) is 4.49. The Morgan fingerprint density at radius 1 is 1.47 bits per heavy atom. The van der Waals surface area contributed by atoms with Crippen LogP contribution in [-0.2, 0) is 10.0 Å². The summed E-state index contributed by atoms with van der Waals surface area (Å²) in [6.07, 6.45) is 2.92. The average Bonchev–Trinajstić information content (AvgIpc) is 2.85. The summed E-state index contributed by atoms with van der Waals surface area (Å²) in [5, 5.41) is 0.216. The summed E-state index contributed by atoms with van der Waals surface area (Å²) in [5.41, 5.74) is 0. The van der Waals surface area contributed by atoms with Crippen molar-refractivity contribution in [2.45, 2.75) is 35.8 Å². The van der Waals surface area contributed by atoms with Gasteiger partial charge in [-0.1, -0.05) is 0 Å². The zero-order valence-corrected chi connectivity index (χ0v) is 12.0. The summed E-state index contributed by atoms with van der Waals surface area (Å²) in [6.45, 7) is 2.40. The van der Waals surface area contributed by atoms with Gasteiger partial charge >= 0.3 is 0 Å². The lowest BCUT2D eigenvalue weighted by Gasteiger charge is -2.10. The second kappa shape index (κ2) is 5.26. The molecule has 6 heteroatoms. The molecule has 0 amide bonds. The fraction of sp³-hybridized carbons (Fsp3) is 0.636. The molecule has 0 aliphatic heterocycles. The van der Waals surface area contributed by atoms with Gasteiger partial charge < -0.3 is 0 Å². The van der Waals surface area contributed by atoms with Gasteiger partial charge in [0.2, 0.25) is 10.0 Å². The van der Waals surface area contributed by atoms with Crippen LogP contribution >= 0.6 is 22.9 Å². The summed E-state index contributed by atoms with van der Waals surface area (Å²) in [7, 11) is -3.32. The van der Waals surface area contributed by atoms with Crippen molar-refractivity contribution in [3.05, 3.63) is 17.0 Å². The van der Waals surface area contributed by atoms with Crippen LogP contribution in [-0.4, -0.2) is 20.3 Å². The minimum Gasteiger partial charge on any atom is -0.210 e. The quantitative estimate of drug-likeness (QED) is 0.868. The highest BCUT2D eigenvalue weighted by Crippen LogP contribution is 2.29. The number of halogens is 1. The maximum absolute atomic E-state index is 12.0. The van der Waals surface area contributed by atoms with E-state index in [0.717, 1.165) is 24.1 Å². The largest absolute Gasteiger partial charge is 0.250 e. The molecular formula is C11H16ClNO2S2. The zero-order valence-electron chi connectivity index (χ0n) is 9.65. The fourth-order valence-electron chi connectivity index (χ4n) is 2.05. The molecule has 2 unspecified atom stereocenters. The first-order chi connectivity index (χ1) is 7.97. The van der Waals surface area contributed by atoms with Gasteiger partial charge in [-0.05, 0) is 44.2 Å². The minimum absolute atomic E-state index is 0.216. The van der Waals surface area contributed by atoms with Crippen molar-refractivity contribution in [2.75, 3.05) is 6.54 Å². The van der Waals surface area contributed by atoms with Crippen molar-refractivity contribution >= 4 is 33.0 Å². The van der Waals surface area contributed by atoms with E-state index in [9.17, 15) is 8.42 Å². The molecule has 0 bridgehead atoms. The van der Waals surface area contributed by atoms with Crippen molar-refractivity contribution in [3.63, 3.8) is 0 Å². The molecule has 1 aromatic rings. The maximum atomic E-state index is 12.0. The Hall–Kier alpha value is -0.100. The number of hydrogen-bond donors (Lipinski definition) is 1. The summed E-state index contributed by atoms with van der Waals surface area (Å²) in [5.74, 6) is 0.383. The van der Waals surface area contributed by atoms with Gasteiger partial charge in [0.1, 0.15) is 4.21 Å². The van der Waals surface area contributed by atoms with Crippen molar-refractivity contribution in [1.29, 1.82) is 0 Å². The van der Waals surface area contributed by atoms with Crippen molar-refractivity contribution in [3.8, 4) is 0 Å². The van der Waals surface area contributed by atoms with Crippen LogP contribution in [0.1, 0.15) is 24.1 Å². The Morgan fingerprint density at radius 3 is 2.76 bits per heavy atom. The third kappa shape index (κ3) is 3.44. The van der Waals surface area contributed by atoms with Crippen molar-refractivity contribution in [1.82, 2.24) is 4.72 Å². The van der Waals surface area contributed by atoms with Gasteiger partial charge in [0.15, 0.2) is 0 Å². The highest BCUT2D eigenvalue weighted by molar-refractivity contribution is 7.91. The lowest BCUT2D eigenvalue weighted by Crippen LogP contribution is -2.28. The first-order valence-corrected chi connectivity index (χ1v) is 8.41. The molecule has 2 rings (SSSR count). The van der Waals surface area contributed by atoms with Crippen LogP contribution in [0.3, 0.4) is 0 Å². The Bertz CT molecular complexity index is 483. The smallest absolute Gasteiger partial charge is 0.210 e. The maximum Gasteiger partial charge on any atom is 0.250 e. The third-order valence-electron chi connectivity index (χ3n) is 3.02. The van der Waals surface area contributed by atoms with Crippen LogP contribution < -0.4 is 4.72 Å². The SMILES string of the molecule is Cc1ccc(S(=O)(=O)NCC2CCC(Cl)C2)s1. The molecule has 1 aliphatic rings. The van der Waals surface area contributed by atoms with E-state index in [1.165, 1.54) is 11.3 Å². The van der Waals surface area contributed by atoms with E-state index in [0.29, 0.717) is 16.7 Å². The van der Waals surface area contributed by atoms with Crippen LogP contribution in [0.2, 0.25) is 0 Å². The van der Waals surface area contributed by atoms with E-state index in [2.05, 4.69) is 4.72 Å². The van der Waals surface area contributed by atoms with E-state index in [4.69, 9.17) is 11.6 Å². The molecule has 0 aromatic carbocycles. The summed E-state index contributed by atoms with van der Waals surface area (Å²) in [6, 6.07) is 3.48. The van der Waals surface area contributed by atoms with Gasteiger partial charge in [0.25, 0.3) is 0 Å². The Labute approximate surface area is 111 Å². The number of thiophene rings is 1. The standard InChI is InChI=1S/C11H16ClNO2S2/c1-8-2-5-11(16-8)17(14,15)13-7-9-3-4-10(12)6-9/h2,5,9-10,13H,3-4,6-7H2,1H3. The van der Waals surface area contributed by atoms with E-state index in [-0.39, 0.29) is 5.38 Å². The molecule has 96 valence electrons. The Morgan fingerprint density at radius 2 is 2.24 bits per heavy atom. The molecule has 2 atom stereocenters. The molecule has 1 fully saturated rings. The highest BCUT2D eigenvalue weighted by Gasteiger charge is 2.25. The molecule has 1 heterocycles. The molecule has 3 nitrogen and oxygen atoms in total. The molecule has 1 aliphatic carbocycles. The Balaban J connectivity index is 1.94. The molecule has 0 radical (unpaired) electrons. The number of aryl methyl sites for hydroxylation is 1. The first kappa shape index (κ1) is 13.3. The Kier molecular flexibility index (Phi) is 4.13. The predicted molar refractivity (Wildman–Crippen MR) is 71.2 cm³/mol. The molecule has 0 saturated heterocycles. The monoisotopic (exact) mass is 293 g/mol. The average molecular weight is 294 g/mol. The van der Waals surface area contributed by atoms with Crippen LogP contribution in [0, 0.1) is 12.8 Å². The summed E-state index contributed by atoms with van der Waals surface area (Å²) < 4.78 is 27.0. The van der Waals surface area contributed by atoms with E-state index in [1.54, 1.807) is 6.07 Å². The number of sulfonamides is 1. The topological polar surface area (TPSA) is 46.2 Å². The molecule has 17 heavy (non-hydrogen) atoms. The van der Waals surface area contributed by atoms with Crippen molar-refractivity contribution < 1.29 is 8.42 Å². The van der Waals surface area contributed by atoms with Gasteiger partial charge in [-0.25, -0.2) is 13.1 Å². The highest BCUT2D eigenvalue weighted by atomic mass is 35.5. The molecule has 0 spiro atoms. The van der Waals surface area contributed by atoms with Crippen molar-refractivity contribution in [2.24, 2.45) is 5.92 Å². The predicted octanol–water partition coefficient (Wildman–Crippen LogP) is 2.74. The second-order valence-corrected chi connectivity index (χ2v) is 8.39. The van der Waals surface area contributed by atoms with Crippen LogP contribution in [0.25, 0.3) is 0 Å². The van der Waals surface area contributed by atoms with Gasteiger partial charge in [0.05, 0.1) is 0 Å². The third-order valence-corrected chi connectivity index (χ3v) is 6.33. The van der Waals surface area contributed by atoms with Crippen LogP contribution in [0.4, 0.5) is 0 Å². The first-order valence-electron chi connectivity index (χ1n) is 5.67. The molecular weight excluding hydrogens is 278 g/mol. The van der Waals surface area contributed by atoms with Gasteiger partial charge in [0, 0.05) is 16.8 Å². The summed E-state index contributed by atoms with van der Waals surface area (Å²) >= 11 is 7.30. The normalized spacial score (nSPS) is 25.3. The van der Waals surface area contributed by atoms with Gasteiger partial charge in [-0.3, -0.25) is 0 Å². The van der Waals surface area contributed by atoms with Gasteiger partial charge in [-0.15, -0.1) is 22.9 Å². The zero-order chi connectivity index (χ0) is 12.5. The molecule has 1 saturated carbocycles. The lowest BCUT2D eigenvalue weighted by molar-refractivity contribution is 0.521. The van der Waals surface area contributed by atoms with E-state index in [1.807, 2.05) is 13.0 Å². The number of nitrogens with one attached hydrogen (secondary N) is 1. The van der Waals surface area contributed by atoms with E-state index < -0.39 is 10.0 Å². The van der Waals surface area contributed by atoms with Crippen LogP contribution in [0.5, 0.6) is 0 Å². The number of rotatable bonds is 4. The van der Waals surface area contributed by atoms with Crippen LogP contribution in [0.15, 0.2) is 16.3 Å². The van der Waals surface area contributed by atoms with E-state index >= 15 is 0 Å². The summed E-state index contributed by atoms with van der Waals surface area (Å²) in [4.78, 5) is 1.01. The minimum atomic E-state index is -3.32. The fourth-order valence-corrected chi connectivity index (χ4v) is 4.88. The van der Waals surface area contributed by atoms with Gasteiger partial charge in [-0.2, -0.15) is 0 Å². The number of hydrogen-bond acceptors (Lipinski definition) is 3. The molecule has 1 N–H and O–H groups in total.